The lowest BCUT2D eigenvalue weighted by Gasteiger charge is -2.22. The van der Waals surface area contributed by atoms with Gasteiger partial charge in [0.05, 0.1) is 19.8 Å². The van der Waals surface area contributed by atoms with Gasteiger partial charge in [0.25, 0.3) is 0 Å². The monoisotopic (exact) mass is 414 g/mol. The molecule has 2 rings (SSSR count). The predicted molar refractivity (Wildman–Crippen MR) is 93.1 cm³/mol. The van der Waals surface area contributed by atoms with Gasteiger partial charge in [0.2, 0.25) is 0 Å². The van der Waals surface area contributed by atoms with E-state index in [1.54, 1.807) is 18.2 Å². The lowest BCUT2D eigenvalue weighted by Crippen LogP contribution is -3.00. The number of aliphatic hydroxyl groups is 5. The van der Waals surface area contributed by atoms with Crippen LogP contribution >= 0.6 is 11.6 Å². The summed E-state index contributed by atoms with van der Waals surface area (Å²) in [6.45, 7) is -0.458. The molecule has 0 aromatic heterocycles. The van der Waals surface area contributed by atoms with Crippen molar-refractivity contribution in [1.29, 1.82) is 0 Å². The fourth-order valence-corrected chi connectivity index (χ4v) is 5.61. The molecule has 6 atom stereocenters. The molecule has 25 heavy (non-hydrogen) atoms. The maximum atomic E-state index is 10.3. The van der Waals surface area contributed by atoms with E-state index in [2.05, 4.69) is 0 Å². The molecule has 1 aliphatic heterocycles. The minimum Gasteiger partial charge on any atom is -1.00 e. The molecule has 0 radical (unpaired) electrons. The number of rotatable bonds is 8. The molecule has 1 saturated heterocycles. The standard InChI is InChI=1S/C16H24ClO6S.ClH/c17-11-4-2-1-3-10(11)7-23-14(5-18)12(20)8-24-9-13(21)16(22)15(24)6-19;/h1-4,12-16,18-22H,5-9H2;1H/q+1;/p-1/t12-,13-,14+,15-,16+,24?;/m1./s1. The quantitative estimate of drug-likeness (QED) is 0.280. The molecule has 1 aromatic rings. The maximum absolute atomic E-state index is 10.3. The van der Waals surface area contributed by atoms with Gasteiger partial charge in [-0.3, -0.25) is 0 Å². The minimum atomic E-state index is -0.984. The van der Waals surface area contributed by atoms with Crippen LogP contribution in [-0.4, -0.2) is 79.9 Å². The van der Waals surface area contributed by atoms with Crippen LogP contribution in [0.2, 0.25) is 5.02 Å². The van der Waals surface area contributed by atoms with Gasteiger partial charge in [0, 0.05) is 15.9 Å². The van der Waals surface area contributed by atoms with Gasteiger partial charge in [0.15, 0.2) is 5.25 Å². The highest BCUT2D eigenvalue weighted by Crippen LogP contribution is 2.25. The fraction of sp³-hybridized carbons (Fsp3) is 0.625. The molecule has 0 aliphatic carbocycles. The van der Waals surface area contributed by atoms with Gasteiger partial charge in [-0.2, -0.15) is 0 Å². The van der Waals surface area contributed by atoms with Crippen molar-refractivity contribution in [3.05, 3.63) is 34.9 Å². The van der Waals surface area contributed by atoms with E-state index in [-0.39, 0.29) is 38.0 Å². The van der Waals surface area contributed by atoms with E-state index in [1.165, 1.54) is 0 Å². The second-order valence-corrected chi connectivity index (χ2v) is 8.59. The number of benzene rings is 1. The summed E-state index contributed by atoms with van der Waals surface area (Å²) in [5.41, 5.74) is 0.757. The molecule has 0 spiro atoms. The molecule has 1 fully saturated rings. The molecule has 1 aliphatic rings. The molecule has 144 valence electrons. The van der Waals surface area contributed by atoms with Gasteiger partial charge in [-0.05, 0) is 11.6 Å². The molecular weight excluding hydrogens is 391 g/mol. The van der Waals surface area contributed by atoms with Gasteiger partial charge in [-0.15, -0.1) is 0 Å². The lowest BCUT2D eigenvalue weighted by molar-refractivity contribution is -0.0623. The Morgan fingerprint density at radius 1 is 1.24 bits per heavy atom. The van der Waals surface area contributed by atoms with E-state index in [0.717, 1.165) is 5.56 Å². The third kappa shape index (κ3) is 5.95. The summed E-state index contributed by atoms with van der Waals surface area (Å²) in [4.78, 5) is 0. The van der Waals surface area contributed by atoms with Crippen LogP contribution in [0.1, 0.15) is 5.56 Å². The van der Waals surface area contributed by atoms with Gasteiger partial charge < -0.3 is 42.7 Å². The Balaban J connectivity index is 0.00000312. The van der Waals surface area contributed by atoms with E-state index in [1.807, 2.05) is 6.07 Å². The van der Waals surface area contributed by atoms with E-state index >= 15 is 0 Å². The van der Waals surface area contributed by atoms with Crippen LogP contribution in [0, 0.1) is 0 Å². The summed E-state index contributed by atoms with van der Waals surface area (Å²) in [7, 11) is -0.547. The smallest absolute Gasteiger partial charge is 0.169 e. The molecule has 1 aromatic carbocycles. The number of aliphatic hydroxyl groups excluding tert-OH is 5. The first-order valence-electron chi connectivity index (χ1n) is 7.75. The summed E-state index contributed by atoms with van der Waals surface area (Å²) < 4.78 is 5.59. The normalized spacial score (nSPS) is 28.4. The van der Waals surface area contributed by atoms with Gasteiger partial charge in [-0.25, -0.2) is 0 Å². The van der Waals surface area contributed by atoms with Crippen LogP contribution in [0.3, 0.4) is 0 Å². The van der Waals surface area contributed by atoms with Crippen LogP contribution in [0.4, 0.5) is 0 Å². The van der Waals surface area contributed by atoms with Crippen molar-refractivity contribution in [1.82, 2.24) is 0 Å². The first-order chi connectivity index (χ1) is 11.5. The number of ether oxygens (including phenoxy) is 1. The summed E-state index contributed by atoms with van der Waals surface area (Å²) in [6, 6.07) is 7.16. The third-order valence-corrected chi connectivity index (χ3v) is 7.37. The lowest BCUT2D eigenvalue weighted by atomic mass is 10.2. The minimum absolute atomic E-state index is 0. The van der Waals surface area contributed by atoms with Crippen LogP contribution in [0.15, 0.2) is 24.3 Å². The number of hydrogen-bond acceptors (Lipinski definition) is 6. The molecule has 6 nitrogen and oxygen atoms in total. The Labute approximate surface area is 161 Å². The van der Waals surface area contributed by atoms with E-state index in [4.69, 9.17) is 16.3 Å². The Kier molecular flexibility index (Phi) is 10.0. The number of hydrogen-bond donors (Lipinski definition) is 5. The summed E-state index contributed by atoms with van der Waals surface area (Å²) in [5.74, 6) is 0.569. The maximum Gasteiger partial charge on any atom is 0.169 e. The summed E-state index contributed by atoms with van der Waals surface area (Å²) in [5, 5.41) is 48.9. The summed E-state index contributed by atoms with van der Waals surface area (Å²) >= 11 is 6.05. The van der Waals surface area contributed by atoms with E-state index in [0.29, 0.717) is 10.8 Å². The predicted octanol–water partition coefficient (Wildman–Crippen LogP) is -3.70. The first kappa shape index (κ1) is 23.0. The Morgan fingerprint density at radius 3 is 2.52 bits per heavy atom. The van der Waals surface area contributed by atoms with Crippen LogP contribution < -0.4 is 12.4 Å². The second kappa shape index (κ2) is 10.9. The van der Waals surface area contributed by atoms with Crippen LogP contribution in [-0.2, 0) is 22.2 Å². The van der Waals surface area contributed by atoms with Gasteiger partial charge >= 0.3 is 0 Å². The van der Waals surface area contributed by atoms with Crippen molar-refractivity contribution in [2.75, 3.05) is 24.7 Å². The first-order valence-corrected chi connectivity index (χ1v) is 9.75. The van der Waals surface area contributed by atoms with Crippen molar-refractivity contribution in [2.24, 2.45) is 0 Å². The second-order valence-electron chi connectivity index (χ2n) is 5.84. The SMILES string of the molecule is OC[C@H](OCc1ccccc1Cl)[C@H](O)C[S+]1C[C@@H](O)[C@H](O)[C@H]1CO.[Cl-]. The Bertz CT molecular complexity index is 523. The van der Waals surface area contributed by atoms with Crippen molar-refractivity contribution >= 4 is 22.5 Å². The zero-order valence-corrected chi connectivity index (χ0v) is 15.9. The van der Waals surface area contributed by atoms with Crippen molar-refractivity contribution in [2.45, 2.75) is 36.3 Å². The molecule has 5 N–H and O–H groups in total. The van der Waals surface area contributed by atoms with Crippen molar-refractivity contribution in [3.8, 4) is 0 Å². The largest absolute Gasteiger partial charge is 1.00 e. The summed E-state index contributed by atoms with van der Waals surface area (Å²) in [6.07, 6.45) is -3.65. The molecule has 1 heterocycles. The van der Waals surface area contributed by atoms with Crippen LogP contribution in [0.5, 0.6) is 0 Å². The van der Waals surface area contributed by atoms with E-state index < -0.39 is 40.6 Å². The number of halogens is 2. The van der Waals surface area contributed by atoms with E-state index in [9.17, 15) is 25.5 Å². The highest BCUT2D eigenvalue weighted by molar-refractivity contribution is 7.97. The topological polar surface area (TPSA) is 110 Å². The molecular formula is C16H24Cl2O6S. The zero-order chi connectivity index (χ0) is 17.7. The van der Waals surface area contributed by atoms with Gasteiger partial charge in [-0.1, -0.05) is 29.8 Å². The van der Waals surface area contributed by atoms with Crippen molar-refractivity contribution < 1.29 is 42.7 Å². The van der Waals surface area contributed by atoms with Crippen molar-refractivity contribution in [3.63, 3.8) is 0 Å². The third-order valence-electron chi connectivity index (χ3n) is 4.17. The molecule has 0 saturated carbocycles. The van der Waals surface area contributed by atoms with Gasteiger partial charge in [0.1, 0.15) is 35.9 Å². The molecule has 1 unspecified atom stereocenters. The zero-order valence-electron chi connectivity index (χ0n) is 13.5. The van der Waals surface area contributed by atoms with Crippen LogP contribution in [0.25, 0.3) is 0 Å². The Morgan fingerprint density at radius 2 is 1.92 bits per heavy atom. The highest BCUT2D eigenvalue weighted by atomic mass is 35.5. The molecule has 9 heteroatoms. The average Bonchev–Trinajstić information content (AvgIpc) is 2.83. The highest BCUT2D eigenvalue weighted by Gasteiger charge is 2.50. The average molecular weight is 415 g/mol. The molecule has 0 bridgehead atoms. The Hall–Kier alpha value is -0.0900. The molecule has 0 amide bonds. The fourth-order valence-electron chi connectivity index (χ4n) is 2.72.